The molecule has 1 fully saturated rings. The Labute approximate surface area is 113 Å². The van der Waals surface area contributed by atoms with Gasteiger partial charge in [-0.1, -0.05) is 33.6 Å². The molecule has 1 N–H and O–H groups in total. The Kier molecular flexibility index (Phi) is 6.94. The third kappa shape index (κ3) is 4.82. The summed E-state index contributed by atoms with van der Waals surface area (Å²) in [5, 5.41) is 3.75. The predicted octanol–water partition coefficient (Wildman–Crippen LogP) is 4.32. The Morgan fingerprint density at radius 2 is 1.94 bits per heavy atom. The van der Waals surface area contributed by atoms with Crippen molar-refractivity contribution < 1.29 is 0 Å². The van der Waals surface area contributed by atoms with Gasteiger partial charge in [-0.15, -0.1) is 0 Å². The second-order valence-corrected chi connectivity index (χ2v) is 7.14. The van der Waals surface area contributed by atoms with E-state index in [1.807, 2.05) is 11.8 Å². The van der Waals surface area contributed by atoms with Crippen LogP contribution >= 0.6 is 11.8 Å². The predicted molar refractivity (Wildman–Crippen MR) is 80.8 cm³/mol. The average molecular weight is 257 g/mol. The molecule has 1 rings (SSSR count). The Hall–Kier alpha value is 0.310. The molecule has 0 aromatic carbocycles. The number of nitrogens with one attached hydrogen (secondary N) is 1. The Morgan fingerprint density at radius 3 is 2.47 bits per heavy atom. The van der Waals surface area contributed by atoms with Crippen molar-refractivity contribution in [3.05, 3.63) is 0 Å². The summed E-state index contributed by atoms with van der Waals surface area (Å²) in [6, 6.07) is 0. The topological polar surface area (TPSA) is 12.0 Å². The van der Waals surface area contributed by atoms with Crippen molar-refractivity contribution in [3.63, 3.8) is 0 Å². The molecule has 2 atom stereocenters. The minimum absolute atomic E-state index is 0.473. The molecule has 102 valence electrons. The van der Waals surface area contributed by atoms with Crippen LogP contribution in [0.4, 0.5) is 0 Å². The van der Waals surface area contributed by atoms with E-state index in [-0.39, 0.29) is 0 Å². The van der Waals surface area contributed by atoms with Crippen LogP contribution in [-0.2, 0) is 0 Å². The summed E-state index contributed by atoms with van der Waals surface area (Å²) in [6.45, 7) is 9.49. The highest BCUT2D eigenvalue weighted by Gasteiger charge is 2.25. The lowest BCUT2D eigenvalue weighted by Crippen LogP contribution is -2.39. The van der Waals surface area contributed by atoms with Crippen molar-refractivity contribution in [1.29, 1.82) is 0 Å². The summed E-state index contributed by atoms with van der Waals surface area (Å²) in [4.78, 5) is 0. The van der Waals surface area contributed by atoms with Gasteiger partial charge >= 0.3 is 0 Å². The zero-order valence-electron chi connectivity index (χ0n) is 12.2. The average Bonchev–Trinajstić information content (AvgIpc) is 2.35. The standard InChI is InChI=1S/C15H31NS/c1-5-15(6-2,17-4)12-16-11-14-9-7-8-13(3)10-14/h13-14,16H,5-12H2,1-4H3. The molecule has 0 aromatic heterocycles. The summed E-state index contributed by atoms with van der Waals surface area (Å²) >= 11 is 2.04. The van der Waals surface area contributed by atoms with Gasteiger partial charge in [0, 0.05) is 11.3 Å². The van der Waals surface area contributed by atoms with Crippen LogP contribution in [0.25, 0.3) is 0 Å². The zero-order chi connectivity index (χ0) is 12.7. The van der Waals surface area contributed by atoms with Gasteiger partial charge in [0.1, 0.15) is 0 Å². The molecular formula is C15H31NS. The fourth-order valence-electron chi connectivity index (χ4n) is 3.11. The maximum Gasteiger partial charge on any atom is 0.0276 e. The quantitative estimate of drug-likeness (QED) is 0.729. The molecule has 1 aliphatic carbocycles. The van der Waals surface area contributed by atoms with E-state index in [2.05, 4.69) is 32.3 Å². The molecule has 1 saturated carbocycles. The van der Waals surface area contributed by atoms with Crippen molar-refractivity contribution in [2.45, 2.75) is 64.0 Å². The molecule has 0 aliphatic heterocycles. The molecular weight excluding hydrogens is 226 g/mol. The summed E-state index contributed by atoms with van der Waals surface area (Å²) in [7, 11) is 0. The van der Waals surface area contributed by atoms with E-state index < -0.39 is 0 Å². The van der Waals surface area contributed by atoms with Crippen molar-refractivity contribution in [2.75, 3.05) is 19.3 Å². The smallest absolute Gasteiger partial charge is 0.0276 e. The van der Waals surface area contributed by atoms with E-state index in [0.29, 0.717) is 4.75 Å². The third-order valence-corrected chi connectivity index (χ3v) is 6.23. The van der Waals surface area contributed by atoms with Crippen molar-refractivity contribution in [3.8, 4) is 0 Å². The van der Waals surface area contributed by atoms with Crippen molar-refractivity contribution in [1.82, 2.24) is 5.32 Å². The van der Waals surface area contributed by atoms with Gasteiger partial charge in [0.25, 0.3) is 0 Å². The minimum atomic E-state index is 0.473. The van der Waals surface area contributed by atoms with Crippen molar-refractivity contribution in [2.24, 2.45) is 11.8 Å². The maximum atomic E-state index is 3.75. The second-order valence-electron chi connectivity index (χ2n) is 5.86. The Morgan fingerprint density at radius 1 is 1.24 bits per heavy atom. The molecule has 0 saturated heterocycles. The molecule has 0 bridgehead atoms. The van der Waals surface area contributed by atoms with Gasteiger partial charge in [-0.05, 0) is 50.3 Å². The molecule has 2 heteroatoms. The SMILES string of the molecule is CCC(CC)(CNCC1CCCC(C)C1)SC. The lowest BCUT2D eigenvalue weighted by molar-refractivity contribution is 0.271. The van der Waals surface area contributed by atoms with Gasteiger partial charge in [0.15, 0.2) is 0 Å². The van der Waals surface area contributed by atoms with E-state index in [1.54, 1.807) is 0 Å². The second kappa shape index (κ2) is 7.68. The highest BCUT2D eigenvalue weighted by molar-refractivity contribution is 8.00. The number of hydrogen-bond donors (Lipinski definition) is 1. The van der Waals surface area contributed by atoms with Crippen LogP contribution in [0.1, 0.15) is 59.3 Å². The third-order valence-electron chi connectivity index (χ3n) is 4.65. The molecule has 1 aliphatic rings. The summed E-state index contributed by atoms with van der Waals surface area (Å²) in [5.74, 6) is 1.89. The molecule has 0 heterocycles. The normalized spacial score (nSPS) is 26.1. The first-order valence-electron chi connectivity index (χ1n) is 7.41. The van der Waals surface area contributed by atoms with E-state index in [1.165, 1.54) is 51.6 Å². The zero-order valence-corrected chi connectivity index (χ0v) is 13.0. The fraction of sp³-hybridized carbons (Fsp3) is 1.00. The van der Waals surface area contributed by atoms with Crippen LogP contribution in [-0.4, -0.2) is 24.1 Å². The van der Waals surface area contributed by atoms with Gasteiger partial charge in [0.2, 0.25) is 0 Å². The lowest BCUT2D eigenvalue weighted by Gasteiger charge is -2.32. The number of hydrogen-bond acceptors (Lipinski definition) is 2. The fourth-order valence-corrected chi connectivity index (χ4v) is 3.93. The van der Waals surface area contributed by atoms with Gasteiger partial charge in [-0.2, -0.15) is 11.8 Å². The first-order chi connectivity index (χ1) is 8.15. The van der Waals surface area contributed by atoms with Crippen molar-refractivity contribution >= 4 is 11.8 Å². The van der Waals surface area contributed by atoms with E-state index in [0.717, 1.165) is 11.8 Å². The van der Waals surface area contributed by atoms with Crippen LogP contribution in [0.5, 0.6) is 0 Å². The van der Waals surface area contributed by atoms with Crippen LogP contribution < -0.4 is 5.32 Å². The molecule has 0 radical (unpaired) electrons. The largest absolute Gasteiger partial charge is 0.315 e. The van der Waals surface area contributed by atoms with Gasteiger partial charge in [-0.25, -0.2) is 0 Å². The van der Waals surface area contributed by atoms with Crippen LogP contribution in [0.2, 0.25) is 0 Å². The molecule has 2 unspecified atom stereocenters. The molecule has 0 spiro atoms. The number of rotatable bonds is 7. The number of thioether (sulfide) groups is 1. The van der Waals surface area contributed by atoms with E-state index in [9.17, 15) is 0 Å². The summed E-state index contributed by atoms with van der Waals surface area (Å²) < 4.78 is 0.473. The Balaban J connectivity index is 2.26. The molecule has 1 nitrogen and oxygen atoms in total. The minimum Gasteiger partial charge on any atom is -0.315 e. The summed E-state index contributed by atoms with van der Waals surface area (Å²) in [5.41, 5.74) is 0. The van der Waals surface area contributed by atoms with Gasteiger partial charge in [-0.3, -0.25) is 0 Å². The molecule has 0 amide bonds. The Bertz CT molecular complexity index is 193. The van der Waals surface area contributed by atoms with E-state index >= 15 is 0 Å². The first kappa shape index (κ1) is 15.4. The van der Waals surface area contributed by atoms with Crippen LogP contribution in [0, 0.1) is 11.8 Å². The first-order valence-corrected chi connectivity index (χ1v) is 8.64. The molecule has 17 heavy (non-hydrogen) atoms. The van der Waals surface area contributed by atoms with Crippen LogP contribution in [0.3, 0.4) is 0 Å². The highest BCUT2D eigenvalue weighted by Crippen LogP contribution is 2.31. The van der Waals surface area contributed by atoms with Gasteiger partial charge in [0.05, 0.1) is 0 Å². The highest BCUT2D eigenvalue weighted by atomic mass is 32.2. The lowest BCUT2D eigenvalue weighted by atomic mass is 9.82. The van der Waals surface area contributed by atoms with Crippen LogP contribution in [0.15, 0.2) is 0 Å². The maximum absolute atomic E-state index is 3.75. The van der Waals surface area contributed by atoms with Gasteiger partial charge < -0.3 is 5.32 Å². The summed E-state index contributed by atoms with van der Waals surface area (Å²) in [6.07, 6.45) is 10.6. The monoisotopic (exact) mass is 257 g/mol. The molecule has 0 aromatic rings. The van der Waals surface area contributed by atoms with E-state index in [4.69, 9.17) is 0 Å².